The van der Waals surface area contributed by atoms with E-state index in [2.05, 4.69) is 0 Å². The van der Waals surface area contributed by atoms with Gasteiger partial charge in [-0.05, 0) is 42.8 Å². The highest BCUT2D eigenvalue weighted by molar-refractivity contribution is 7.96. The third kappa shape index (κ3) is 5.97. The molecule has 3 aromatic rings. The van der Waals surface area contributed by atoms with Crippen LogP contribution in [0.25, 0.3) is 0 Å². The van der Waals surface area contributed by atoms with E-state index in [-0.39, 0.29) is 14.7 Å². The fourth-order valence-electron chi connectivity index (χ4n) is 3.87. The van der Waals surface area contributed by atoms with E-state index in [0.717, 1.165) is 0 Å². The predicted molar refractivity (Wildman–Crippen MR) is 134 cm³/mol. The fourth-order valence-corrected chi connectivity index (χ4v) is 10.3. The predicted octanol–water partition coefficient (Wildman–Crippen LogP) is 2.52. The molecule has 3 rings (SSSR count). The Morgan fingerprint density at radius 2 is 0.914 bits per heavy atom. The highest BCUT2D eigenvalue weighted by Crippen LogP contribution is 2.56. The summed E-state index contributed by atoms with van der Waals surface area (Å²) in [7, 11) is -16.7. The van der Waals surface area contributed by atoms with Crippen LogP contribution in [0.5, 0.6) is 0 Å². The van der Waals surface area contributed by atoms with Crippen molar-refractivity contribution in [2.24, 2.45) is 0 Å². The van der Waals surface area contributed by atoms with Crippen LogP contribution in [-0.2, 0) is 30.4 Å². The Bertz CT molecular complexity index is 1380. The lowest BCUT2D eigenvalue weighted by molar-refractivity contribution is 0.481. The molecule has 0 aliphatic carbocycles. The minimum absolute atomic E-state index is 0.377. The molecule has 3 N–H and O–H groups in total. The molecule has 0 heterocycles. The zero-order chi connectivity index (χ0) is 26.1. The van der Waals surface area contributed by atoms with Crippen molar-refractivity contribution in [1.82, 2.24) is 0 Å². The van der Waals surface area contributed by atoms with Crippen molar-refractivity contribution < 1.29 is 38.9 Å². The number of benzene rings is 3. The monoisotopic (exact) mass is 559 g/mol. The van der Waals surface area contributed by atoms with Gasteiger partial charge in [-0.1, -0.05) is 31.5 Å². The lowest BCUT2D eigenvalue weighted by Gasteiger charge is -2.28. The molecule has 0 amide bonds. The van der Waals surface area contributed by atoms with Crippen LogP contribution in [-0.4, -0.2) is 45.1 Å². The molecule has 0 aliphatic heterocycles. The zero-order valence-electron chi connectivity index (χ0n) is 18.5. The molecule has 0 unspecified atom stereocenters. The maximum atomic E-state index is 11.9. The normalized spacial score (nSPS) is 13.0. The topological polar surface area (TPSA) is 163 Å². The molecule has 0 radical (unpaired) electrons. The van der Waals surface area contributed by atoms with Crippen LogP contribution in [0.3, 0.4) is 0 Å². The van der Waals surface area contributed by atoms with Gasteiger partial charge in [-0.3, -0.25) is 13.7 Å². The molecule has 0 saturated heterocycles. The van der Waals surface area contributed by atoms with Crippen molar-refractivity contribution >= 4 is 53.5 Å². The number of rotatable bonds is 9. The van der Waals surface area contributed by atoms with E-state index in [0.29, 0.717) is 34.9 Å². The molecule has 0 fully saturated rings. The van der Waals surface area contributed by atoms with Gasteiger partial charge in [0.15, 0.2) is 0 Å². The summed E-state index contributed by atoms with van der Waals surface area (Å²) in [6, 6.07) is 16.6. The van der Waals surface area contributed by atoms with E-state index in [9.17, 15) is 38.9 Å². The Hall–Kier alpha value is -2.18. The zero-order valence-corrected chi connectivity index (χ0v) is 21.9. The van der Waals surface area contributed by atoms with Gasteiger partial charge in [-0.25, -0.2) is 0 Å². The van der Waals surface area contributed by atoms with Gasteiger partial charge >= 0.3 is 0 Å². The third-order valence-electron chi connectivity index (χ3n) is 5.52. The van der Waals surface area contributed by atoms with Gasteiger partial charge in [0.2, 0.25) is 0 Å². The molecule has 9 nitrogen and oxygen atoms in total. The molecule has 3 aromatic carbocycles. The Morgan fingerprint density at radius 1 is 0.600 bits per heavy atom. The van der Waals surface area contributed by atoms with E-state index in [4.69, 9.17) is 0 Å². The van der Waals surface area contributed by atoms with Crippen LogP contribution in [0, 0.1) is 0 Å². The van der Waals surface area contributed by atoms with Crippen molar-refractivity contribution in [3.63, 3.8) is 0 Å². The van der Waals surface area contributed by atoms with Crippen molar-refractivity contribution in [1.29, 1.82) is 0 Å². The van der Waals surface area contributed by atoms with Gasteiger partial charge in [-0.15, -0.1) is 0 Å². The fraction of sp³-hybridized carbons (Fsp3) is 0.182. The number of hydrogen-bond donors (Lipinski definition) is 3. The second-order valence-corrected chi connectivity index (χ2v) is 15.7. The van der Waals surface area contributed by atoms with Crippen LogP contribution in [0.4, 0.5) is 0 Å². The molecular formula is C22H24O9PS3+. The Morgan fingerprint density at radius 3 is 1.17 bits per heavy atom. The Balaban J connectivity index is 2.50. The maximum Gasteiger partial charge on any atom is 0.294 e. The van der Waals surface area contributed by atoms with E-state index in [1.807, 2.05) is 6.92 Å². The smallest absolute Gasteiger partial charge is 0.282 e. The van der Waals surface area contributed by atoms with Gasteiger partial charge in [0.05, 0.1) is 20.8 Å². The van der Waals surface area contributed by atoms with Gasteiger partial charge in [0.25, 0.3) is 30.4 Å². The SMILES string of the molecule is CCCC[P+](c1cccc(S(=O)(=O)O)c1)(c1cccc(S(=O)(=O)O)c1)c1cccc(S(=O)(=O)O)c1. The van der Waals surface area contributed by atoms with Gasteiger partial charge in [-0.2, -0.15) is 25.3 Å². The molecular weight excluding hydrogens is 535 g/mol. The second kappa shape index (κ2) is 10.1. The second-order valence-electron chi connectivity index (χ2n) is 7.80. The van der Waals surface area contributed by atoms with Gasteiger partial charge < -0.3 is 0 Å². The first-order valence-electron chi connectivity index (χ1n) is 10.3. The summed E-state index contributed by atoms with van der Waals surface area (Å²) in [4.78, 5) is -1.15. The van der Waals surface area contributed by atoms with E-state index in [1.54, 1.807) is 18.2 Å². The van der Waals surface area contributed by atoms with Gasteiger partial charge in [0.1, 0.15) is 23.2 Å². The molecule has 0 saturated carbocycles. The van der Waals surface area contributed by atoms with Crippen molar-refractivity contribution in [3.05, 3.63) is 72.8 Å². The summed E-state index contributed by atoms with van der Waals surface area (Å²) in [5, 5.41) is 1.29. The van der Waals surface area contributed by atoms with Crippen LogP contribution < -0.4 is 15.9 Å². The lowest BCUT2D eigenvalue weighted by atomic mass is 10.3. The molecule has 0 spiro atoms. The highest BCUT2D eigenvalue weighted by Gasteiger charge is 2.46. The summed E-state index contributed by atoms with van der Waals surface area (Å²) in [5.41, 5.74) is 0. The van der Waals surface area contributed by atoms with E-state index in [1.165, 1.54) is 54.6 Å². The van der Waals surface area contributed by atoms with Crippen molar-refractivity contribution in [2.75, 3.05) is 6.16 Å². The highest BCUT2D eigenvalue weighted by atomic mass is 32.2. The molecule has 35 heavy (non-hydrogen) atoms. The summed E-state index contributed by atoms with van der Waals surface area (Å²) >= 11 is 0. The van der Waals surface area contributed by atoms with Crippen LogP contribution in [0.1, 0.15) is 19.8 Å². The first-order chi connectivity index (χ1) is 16.2. The first kappa shape index (κ1) is 27.4. The quantitative estimate of drug-likeness (QED) is 0.264. The standard InChI is InChI=1S/C22H23O9PS3/c1-2-3-13-32(17-7-4-10-20(14-17)33(23,24)25,18-8-5-11-21(15-18)34(26,27)28)19-9-6-12-22(16-19)35(29,30)31/h4-12,14-16H,2-3,13H2,1H3,(H2-,23,24,25,26,27,28,29,30,31)/p+1. The summed E-state index contributed by atoms with van der Waals surface area (Å²) in [5.74, 6) is 0. The number of hydrogen-bond acceptors (Lipinski definition) is 6. The van der Waals surface area contributed by atoms with Crippen LogP contribution >= 0.6 is 7.26 Å². The van der Waals surface area contributed by atoms with Gasteiger partial charge in [0, 0.05) is 18.2 Å². The molecule has 13 heteroatoms. The largest absolute Gasteiger partial charge is 0.294 e. The molecule has 0 aliphatic rings. The number of unbranched alkanes of at least 4 members (excludes halogenated alkanes) is 1. The Kier molecular flexibility index (Phi) is 7.88. The van der Waals surface area contributed by atoms with Crippen LogP contribution in [0.15, 0.2) is 87.5 Å². The Labute approximate surface area is 205 Å². The molecule has 0 bridgehead atoms. The summed E-state index contributed by atoms with van der Waals surface area (Å²) in [6.45, 7) is 1.92. The first-order valence-corrected chi connectivity index (χ1v) is 16.6. The average molecular weight is 560 g/mol. The minimum Gasteiger partial charge on any atom is -0.282 e. The van der Waals surface area contributed by atoms with Crippen molar-refractivity contribution in [3.8, 4) is 0 Å². The lowest BCUT2D eigenvalue weighted by Crippen LogP contribution is -2.34. The summed E-state index contributed by atoms with van der Waals surface area (Å²) < 4.78 is 100. The maximum absolute atomic E-state index is 11.9. The molecule has 0 atom stereocenters. The van der Waals surface area contributed by atoms with E-state index < -0.39 is 37.6 Å². The van der Waals surface area contributed by atoms with E-state index >= 15 is 0 Å². The minimum atomic E-state index is -4.59. The molecule has 188 valence electrons. The third-order valence-corrected chi connectivity index (χ3v) is 12.5. The summed E-state index contributed by atoms with van der Waals surface area (Å²) in [6.07, 6.45) is 1.67. The van der Waals surface area contributed by atoms with Crippen LogP contribution in [0.2, 0.25) is 0 Å². The van der Waals surface area contributed by atoms with Crippen molar-refractivity contribution in [2.45, 2.75) is 34.5 Å². The molecule has 0 aromatic heterocycles. The average Bonchev–Trinajstić information content (AvgIpc) is 2.79.